The fraction of sp³-hybridized carbons (Fsp3) is 0.353. The van der Waals surface area contributed by atoms with Gasteiger partial charge in [0.05, 0.1) is 11.7 Å². The number of pyridine rings is 1. The third kappa shape index (κ3) is 2.41. The Morgan fingerprint density at radius 1 is 1.11 bits per heavy atom. The Kier molecular flexibility index (Phi) is 3.60. The normalized spacial score (nSPS) is 16.9. The van der Waals surface area contributed by atoms with Crippen LogP contribution in [0.5, 0.6) is 0 Å². The number of aromatic nitrogens is 1. The van der Waals surface area contributed by atoms with E-state index in [1.54, 1.807) is 0 Å². The maximum absolute atomic E-state index is 4.51. The lowest BCUT2D eigenvalue weighted by molar-refractivity contribution is 0.414. The number of rotatable bonds is 4. The minimum atomic E-state index is 0.193. The van der Waals surface area contributed by atoms with Gasteiger partial charge in [0.1, 0.15) is 0 Å². The van der Waals surface area contributed by atoms with Crippen molar-refractivity contribution in [2.75, 3.05) is 7.05 Å². The number of nitrogens with one attached hydrogen (secondary N) is 1. The van der Waals surface area contributed by atoms with Gasteiger partial charge in [-0.1, -0.05) is 36.8 Å². The Morgan fingerprint density at radius 3 is 2.53 bits per heavy atom. The van der Waals surface area contributed by atoms with E-state index in [9.17, 15) is 0 Å². The van der Waals surface area contributed by atoms with Crippen LogP contribution in [0, 0.1) is 0 Å². The molecule has 98 valence electrons. The molecule has 1 aliphatic carbocycles. The van der Waals surface area contributed by atoms with Crippen LogP contribution in [0.15, 0.2) is 48.7 Å². The van der Waals surface area contributed by atoms with Gasteiger partial charge >= 0.3 is 0 Å². The van der Waals surface area contributed by atoms with Gasteiger partial charge in [-0.05, 0) is 49.1 Å². The van der Waals surface area contributed by atoms with Crippen molar-refractivity contribution in [3.63, 3.8) is 0 Å². The van der Waals surface area contributed by atoms with Gasteiger partial charge in [-0.15, -0.1) is 0 Å². The topological polar surface area (TPSA) is 24.9 Å². The standard InChI is InChI=1S/C17H20N2/c1-18-17(16-11-4-5-12-19-16)15-10-3-2-9-14(15)13-7-6-8-13/h2-5,9-13,17-18H,6-8H2,1H3. The second-order valence-electron chi connectivity index (χ2n) is 5.23. The van der Waals surface area contributed by atoms with Crippen LogP contribution in [-0.2, 0) is 0 Å². The molecule has 1 heterocycles. The maximum Gasteiger partial charge on any atom is 0.0751 e. The summed E-state index contributed by atoms with van der Waals surface area (Å²) in [4.78, 5) is 4.51. The molecule has 1 atom stereocenters. The lowest BCUT2D eigenvalue weighted by atomic mass is 9.77. The molecule has 1 N–H and O–H groups in total. The molecule has 0 bridgehead atoms. The summed E-state index contributed by atoms with van der Waals surface area (Å²) in [6.45, 7) is 0. The zero-order chi connectivity index (χ0) is 13.1. The molecule has 0 spiro atoms. The maximum atomic E-state index is 4.51. The first-order chi connectivity index (χ1) is 9.40. The first-order valence-electron chi connectivity index (χ1n) is 7.07. The molecule has 0 amide bonds. The first-order valence-corrected chi connectivity index (χ1v) is 7.07. The van der Waals surface area contributed by atoms with Crippen molar-refractivity contribution in [1.82, 2.24) is 10.3 Å². The van der Waals surface area contributed by atoms with Gasteiger partial charge in [-0.3, -0.25) is 4.98 Å². The summed E-state index contributed by atoms with van der Waals surface area (Å²) < 4.78 is 0. The van der Waals surface area contributed by atoms with Gasteiger partial charge in [0.25, 0.3) is 0 Å². The van der Waals surface area contributed by atoms with Crippen molar-refractivity contribution >= 4 is 0 Å². The lowest BCUT2D eigenvalue weighted by Crippen LogP contribution is -2.22. The zero-order valence-electron chi connectivity index (χ0n) is 11.3. The van der Waals surface area contributed by atoms with E-state index in [0.717, 1.165) is 11.6 Å². The summed E-state index contributed by atoms with van der Waals surface area (Å²) in [6, 6.07) is 15.1. The highest BCUT2D eigenvalue weighted by Crippen LogP contribution is 2.40. The molecule has 0 radical (unpaired) electrons. The van der Waals surface area contributed by atoms with Crippen LogP contribution in [-0.4, -0.2) is 12.0 Å². The van der Waals surface area contributed by atoms with Crippen LogP contribution in [0.4, 0.5) is 0 Å². The molecule has 2 aromatic rings. The fourth-order valence-electron chi connectivity index (χ4n) is 2.87. The van der Waals surface area contributed by atoms with Gasteiger partial charge in [0, 0.05) is 6.20 Å². The van der Waals surface area contributed by atoms with E-state index in [-0.39, 0.29) is 6.04 Å². The molecule has 1 aliphatic rings. The van der Waals surface area contributed by atoms with Crippen LogP contribution in [0.3, 0.4) is 0 Å². The molecule has 1 aromatic carbocycles. The second-order valence-corrected chi connectivity index (χ2v) is 5.23. The number of benzene rings is 1. The third-order valence-electron chi connectivity index (χ3n) is 4.12. The van der Waals surface area contributed by atoms with E-state index >= 15 is 0 Å². The Morgan fingerprint density at radius 2 is 1.89 bits per heavy atom. The Labute approximate surface area is 114 Å². The van der Waals surface area contributed by atoms with Crippen molar-refractivity contribution in [1.29, 1.82) is 0 Å². The summed E-state index contributed by atoms with van der Waals surface area (Å²) in [5.74, 6) is 0.746. The summed E-state index contributed by atoms with van der Waals surface area (Å²) >= 11 is 0. The third-order valence-corrected chi connectivity index (χ3v) is 4.12. The summed E-state index contributed by atoms with van der Waals surface area (Å²) in [5, 5.41) is 3.42. The SMILES string of the molecule is CNC(c1ccccn1)c1ccccc1C1CCC1. The predicted octanol–water partition coefficient (Wildman–Crippen LogP) is 3.66. The summed E-state index contributed by atoms with van der Waals surface area (Å²) in [7, 11) is 2.01. The van der Waals surface area contributed by atoms with Crippen molar-refractivity contribution in [2.45, 2.75) is 31.2 Å². The molecular formula is C17H20N2. The largest absolute Gasteiger partial charge is 0.308 e. The van der Waals surface area contributed by atoms with Gasteiger partial charge < -0.3 is 5.32 Å². The van der Waals surface area contributed by atoms with E-state index in [1.165, 1.54) is 30.4 Å². The van der Waals surface area contributed by atoms with Gasteiger partial charge in [-0.25, -0.2) is 0 Å². The average Bonchev–Trinajstić information content (AvgIpc) is 2.41. The Balaban J connectivity index is 1.99. The van der Waals surface area contributed by atoms with Crippen molar-refractivity contribution in [3.05, 3.63) is 65.5 Å². The molecule has 1 fully saturated rings. The van der Waals surface area contributed by atoms with Crippen LogP contribution in [0.25, 0.3) is 0 Å². The lowest BCUT2D eigenvalue weighted by Gasteiger charge is -2.30. The highest BCUT2D eigenvalue weighted by Gasteiger charge is 2.25. The summed E-state index contributed by atoms with van der Waals surface area (Å²) in [5.41, 5.74) is 3.98. The Hall–Kier alpha value is -1.67. The summed E-state index contributed by atoms with van der Waals surface area (Å²) in [6.07, 6.45) is 5.89. The first kappa shape index (κ1) is 12.4. The zero-order valence-corrected chi connectivity index (χ0v) is 11.3. The van der Waals surface area contributed by atoms with Crippen LogP contribution in [0.1, 0.15) is 48.0 Å². The monoisotopic (exact) mass is 252 g/mol. The minimum Gasteiger partial charge on any atom is -0.308 e. The highest BCUT2D eigenvalue weighted by atomic mass is 14.9. The van der Waals surface area contributed by atoms with Gasteiger partial charge in [0.2, 0.25) is 0 Å². The predicted molar refractivity (Wildman–Crippen MR) is 78.2 cm³/mol. The van der Waals surface area contributed by atoms with E-state index < -0.39 is 0 Å². The minimum absolute atomic E-state index is 0.193. The van der Waals surface area contributed by atoms with Gasteiger partial charge in [-0.2, -0.15) is 0 Å². The number of hydrogen-bond donors (Lipinski definition) is 1. The molecule has 2 heteroatoms. The molecule has 2 nitrogen and oxygen atoms in total. The fourth-order valence-corrected chi connectivity index (χ4v) is 2.87. The van der Waals surface area contributed by atoms with E-state index in [2.05, 4.69) is 46.7 Å². The second kappa shape index (κ2) is 5.54. The molecule has 1 unspecified atom stereocenters. The molecule has 3 rings (SSSR count). The van der Waals surface area contributed by atoms with E-state index in [4.69, 9.17) is 0 Å². The Bertz CT molecular complexity index is 532. The molecule has 1 saturated carbocycles. The van der Waals surface area contributed by atoms with Crippen molar-refractivity contribution in [2.24, 2.45) is 0 Å². The number of nitrogens with zero attached hydrogens (tertiary/aromatic N) is 1. The molecule has 1 aromatic heterocycles. The van der Waals surface area contributed by atoms with Gasteiger partial charge in [0.15, 0.2) is 0 Å². The molecular weight excluding hydrogens is 232 g/mol. The van der Waals surface area contributed by atoms with Crippen LogP contribution < -0.4 is 5.32 Å². The van der Waals surface area contributed by atoms with E-state index in [0.29, 0.717) is 0 Å². The van der Waals surface area contributed by atoms with E-state index in [1.807, 2.05) is 19.3 Å². The van der Waals surface area contributed by atoms with Crippen LogP contribution >= 0.6 is 0 Å². The smallest absolute Gasteiger partial charge is 0.0751 e. The molecule has 19 heavy (non-hydrogen) atoms. The molecule has 0 saturated heterocycles. The number of hydrogen-bond acceptors (Lipinski definition) is 2. The molecule has 0 aliphatic heterocycles. The van der Waals surface area contributed by atoms with Crippen molar-refractivity contribution < 1.29 is 0 Å². The average molecular weight is 252 g/mol. The van der Waals surface area contributed by atoms with Crippen molar-refractivity contribution in [3.8, 4) is 0 Å². The van der Waals surface area contributed by atoms with Crippen LogP contribution in [0.2, 0.25) is 0 Å². The quantitative estimate of drug-likeness (QED) is 0.898. The highest BCUT2D eigenvalue weighted by molar-refractivity contribution is 5.38.